The highest BCUT2D eigenvalue weighted by Gasteiger charge is 2.19. The van der Waals surface area contributed by atoms with Gasteiger partial charge in [0.2, 0.25) is 5.91 Å². The van der Waals surface area contributed by atoms with Crippen LogP contribution in [0.3, 0.4) is 0 Å². The van der Waals surface area contributed by atoms with Gasteiger partial charge in [0, 0.05) is 12.0 Å². The van der Waals surface area contributed by atoms with E-state index in [0.717, 1.165) is 41.1 Å². The Labute approximate surface area is 145 Å². The maximum atomic E-state index is 12.6. The Morgan fingerprint density at radius 1 is 1.33 bits per heavy atom. The molecule has 1 aliphatic rings. The van der Waals surface area contributed by atoms with Crippen LogP contribution in [0.15, 0.2) is 4.79 Å². The van der Waals surface area contributed by atoms with Crippen LogP contribution in [0, 0.1) is 6.92 Å². The fraction of sp³-hybridized carbons (Fsp3) is 0.647. The molecule has 24 heavy (non-hydrogen) atoms. The van der Waals surface area contributed by atoms with Crippen LogP contribution in [0.1, 0.15) is 62.6 Å². The second-order valence-electron chi connectivity index (χ2n) is 6.84. The van der Waals surface area contributed by atoms with E-state index in [1.165, 1.54) is 22.4 Å². The summed E-state index contributed by atoms with van der Waals surface area (Å²) in [4.78, 5) is 29.3. The van der Waals surface area contributed by atoms with Crippen molar-refractivity contribution in [2.45, 2.75) is 71.4 Å². The van der Waals surface area contributed by atoms with Crippen LogP contribution in [0.4, 0.5) is 0 Å². The van der Waals surface area contributed by atoms with E-state index in [-0.39, 0.29) is 30.0 Å². The Balaban J connectivity index is 1.82. The van der Waals surface area contributed by atoms with Gasteiger partial charge in [0.1, 0.15) is 6.54 Å². The van der Waals surface area contributed by atoms with Crippen molar-refractivity contribution < 1.29 is 4.79 Å². The van der Waals surface area contributed by atoms with Crippen LogP contribution in [0.25, 0.3) is 10.2 Å². The van der Waals surface area contributed by atoms with Crippen molar-refractivity contribution in [1.82, 2.24) is 20.1 Å². The first-order chi connectivity index (χ1) is 11.5. The zero-order valence-corrected chi connectivity index (χ0v) is 15.3. The van der Waals surface area contributed by atoms with Gasteiger partial charge in [-0.1, -0.05) is 33.1 Å². The molecule has 0 spiro atoms. The van der Waals surface area contributed by atoms with Gasteiger partial charge in [-0.3, -0.25) is 9.59 Å². The third-order valence-corrected chi connectivity index (χ3v) is 5.90. The zero-order valence-electron chi connectivity index (χ0n) is 14.5. The third-order valence-electron chi connectivity index (χ3n) is 4.44. The number of thiazole rings is 1. The quantitative estimate of drug-likeness (QED) is 0.922. The van der Waals surface area contributed by atoms with Gasteiger partial charge in [-0.15, -0.1) is 11.3 Å². The van der Waals surface area contributed by atoms with Gasteiger partial charge in [0.15, 0.2) is 5.52 Å². The van der Waals surface area contributed by atoms with Gasteiger partial charge in [-0.05, 0) is 19.8 Å². The molecule has 6 nitrogen and oxygen atoms in total. The number of carbonyl (C=O) groups excluding carboxylic acids is 1. The van der Waals surface area contributed by atoms with Crippen molar-refractivity contribution in [3.63, 3.8) is 0 Å². The van der Waals surface area contributed by atoms with Crippen LogP contribution in [0.5, 0.6) is 0 Å². The first kappa shape index (κ1) is 17.1. The largest absolute Gasteiger partial charge is 0.352 e. The fourth-order valence-corrected chi connectivity index (χ4v) is 4.13. The number of nitrogens with zero attached hydrogens (tertiary/aromatic N) is 3. The van der Waals surface area contributed by atoms with Gasteiger partial charge in [-0.25, -0.2) is 9.67 Å². The summed E-state index contributed by atoms with van der Waals surface area (Å²) in [7, 11) is 0. The lowest BCUT2D eigenvalue weighted by Gasteiger charge is -2.22. The van der Waals surface area contributed by atoms with Crippen LogP contribution in [0.2, 0.25) is 0 Å². The molecule has 0 bridgehead atoms. The standard InChI is InChI=1S/C17H24N4O2S/c1-10(2)16-19-14-15(24-16)11(3)20-21(17(14)23)9-13(22)18-12-7-5-4-6-8-12/h10,12H,4-9H2,1-3H3,(H,18,22). The van der Waals surface area contributed by atoms with E-state index in [9.17, 15) is 9.59 Å². The monoisotopic (exact) mass is 348 g/mol. The summed E-state index contributed by atoms with van der Waals surface area (Å²) in [5.41, 5.74) is 0.902. The van der Waals surface area contributed by atoms with Crippen molar-refractivity contribution in [1.29, 1.82) is 0 Å². The van der Waals surface area contributed by atoms with E-state index in [1.807, 2.05) is 6.92 Å². The summed E-state index contributed by atoms with van der Waals surface area (Å²) in [5, 5.41) is 8.28. The van der Waals surface area contributed by atoms with Crippen molar-refractivity contribution in [2.24, 2.45) is 0 Å². The molecule has 0 radical (unpaired) electrons. The molecule has 2 aromatic heterocycles. The molecule has 130 valence electrons. The number of carbonyl (C=O) groups is 1. The van der Waals surface area contributed by atoms with Gasteiger partial charge >= 0.3 is 0 Å². The molecular weight excluding hydrogens is 324 g/mol. The van der Waals surface area contributed by atoms with E-state index in [4.69, 9.17) is 0 Å². The van der Waals surface area contributed by atoms with E-state index in [1.54, 1.807) is 0 Å². The number of fused-ring (bicyclic) bond motifs is 1. The molecule has 0 aliphatic heterocycles. The smallest absolute Gasteiger partial charge is 0.294 e. The summed E-state index contributed by atoms with van der Waals surface area (Å²) in [6.45, 7) is 5.92. The predicted molar refractivity (Wildman–Crippen MR) is 95.5 cm³/mol. The molecule has 3 rings (SSSR count). The molecule has 1 aliphatic carbocycles. The highest BCUT2D eigenvalue weighted by atomic mass is 32.1. The van der Waals surface area contributed by atoms with E-state index in [2.05, 4.69) is 29.2 Å². The minimum atomic E-state index is -0.280. The van der Waals surface area contributed by atoms with Crippen LogP contribution >= 0.6 is 11.3 Å². The molecule has 1 N–H and O–H groups in total. The lowest BCUT2D eigenvalue weighted by molar-refractivity contribution is -0.122. The molecule has 7 heteroatoms. The first-order valence-electron chi connectivity index (χ1n) is 8.63. The second kappa shape index (κ2) is 7.01. The van der Waals surface area contributed by atoms with Crippen LogP contribution < -0.4 is 10.9 Å². The lowest BCUT2D eigenvalue weighted by atomic mass is 9.95. The Bertz CT molecular complexity index is 803. The number of hydrogen-bond donors (Lipinski definition) is 1. The average Bonchev–Trinajstić information content (AvgIpc) is 2.99. The Kier molecular flexibility index (Phi) is 4.99. The molecule has 1 fully saturated rings. The van der Waals surface area contributed by atoms with Crippen molar-refractivity contribution in [3.8, 4) is 0 Å². The molecule has 1 amide bonds. The van der Waals surface area contributed by atoms with E-state index >= 15 is 0 Å². The molecule has 0 aromatic carbocycles. The predicted octanol–water partition coefficient (Wildman–Crippen LogP) is 2.73. The van der Waals surface area contributed by atoms with Crippen LogP contribution in [-0.4, -0.2) is 26.7 Å². The van der Waals surface area contributed by atoms with Crippen molar-refractivity contribution >= 4 is 27.5 Å². The second-order valence-corrected chi connectivity index (χ2v) is 7.87. The molecule has 0 atom stereocenters. The summed E-state index contributed by atoms with van der Waals surface area (Å²) in [5.74, 6) is 0.124. The molecule has 2 heterocycles. The molecule has 0 saturated heterocycles. The minimum absolute atomic E-state index is 0.0410. The highest BCUT2D eigenvalue weighted by Crippen LogP contribution is 2.26. The summed E-state index contributed by atoms with van der Waals surface area (Å²) >= 11 is 1.51. The van der Waals surface area contributed by atoms with Gasteiger partial charge in [0.25, 0.3) is 5.56 Å². The van der Waals surface area contributed by atoms with Gasteiger partial charge < -0.3 is 5.32 Å². The van der Waals surface area contributed by atoms with Crippen molar-refractivity contribution in [2.75, 3.05) is 0 Å². The van der Waals surface area contributed by atoms with Crippen molar-refractivity contribution in [3.05, 3.63) is 21.1 Å². The highest BCUT2D eigenvalue weighted by molar-refractivity contribution is 7.18. The molecule has 2 aromatic rings. The summed E-state index contributed by atoms with van der Waals surface area (Å²) in [6.07, 6.45) is 5.60. The van der Waals surface area contributed by atoms with Crippen LogP contribution in [-0.2, 0) is 11.3 Å². The van der Waals surface area contributed by atoms with Gasteiger partial charge in [0.05, 0.1) is 15.4 Å². The molecule has 1 saturated carbocycles. The lowest BCUT2D eigenvalue weighted by Crippen LogP contribution is -2.40. The number of rotatable bonds is 4. The first-order valence-corrected chi connectivity index (χ1v) is 9.45. The Morgan fingerprint density at radius 2 is 2.04 bits per heavy atom. The van der Waals surface area contributed by atoms with E-state index in [0.29, 0.717) is 5.52 Å². The zero-order chi connectivity index (χ0) is 17.3. The summed E-state index contributed by atoms with van der Waals surface area (Å²) < 4.78 is 2.08. The fourth-order valence-electron chi connectivity index (χ4n) is 3.13. The van der Waals surface area contributed by atoms with E-state index < -0.39 is 0 Å². The Morgan fingerprint density at radius 3 is 2.71 bits per heavy atom. The number of aromatic nitrogens is 3. The average molecular weight is 348 g/mol. The van der Waals surface area contributed by atoms with Gasteiger partial charge in [-0.2, -0.15) is 5.10 Å². The third kappa shape index (κ3) is 3.50. The number of nitrogens with one attached hydrogen (secondary N) is 1. The maximum Gasteiger partial charge on any atom is 0.294 e. The topological polar surface area (TPSA) is 76.9 Å². The molecule has 0 unspecified atom stereocenters. The number of aryl methyl sites for hydroxylation is 1. The number of amides is 1. The summed E-state index contributed by atoms with van der Waals surface area (Å²) in [6, 6.07) is 0.235. The molecular formula is C17H24N4O2S. The minimum Gasteiger partial charge on any atom is -0.352 e. The normalized spacial score (nSPS) is 16.0. The SMILES string of the molecule is Cc1nn(CC(=O)NC2CCCCC2)c(=O)c2nc(C(C)C)sc12. The number of hydrogen-bond acceptors (Lipinski definition) is 5. The Hall–Kier alpha value is -1.76. The maximum absolute atomic E-state index is 12.6.